The van der Waals surface area contributed by atoms with Gasteiger partial charge in [0.15, 0.2) is 0 Å². The van der Waals surface area contributed by atoms with Gasteiger partial charge in [-0.2, -0.15) is 0 Å². The fourth-order valence-electron chi connectivity index (χ4n) is 13.1. The van der Waals surface area contributed by atoms with Gasteiger partial charge in [-0.15, -0.1) is 12.4 Å². The molecule has 11 aliphatic rings. The van der Waals surface area contributed by atoms with Gasteiger partial charge in [0.2, 0.25) is 0 Å². The van der Waals surface area contributed by atoms with Gasteiger partial charge in [0, 0.05) is 12.6 Å². The third kappa shape index (κ3) is 0.596. The maximum atomic E-state index is 4.30. The molecule has 0 unspecified atom stereocenters. The first-order valence-electron chi connectivity index (χ1n) is 10.2. The van der Waals surface area contributed by atoms with Crippen LogP contribution in [0.1, 0.15) is 12.8 Å². The van der Waals surface area contributed by atoms with Gasteiger partial charge in [0.05, 0.1) is 0 Å². The van der Waals surface area contributed by atoms with Gasteiger partial charge in [-0.3, -0.25) is 0 Å². The minimum Gasteiger partial charge on any atom is -0.313 e. The van der Waals surface area contributed by atoms with E-state index in [4.69, 9.17) is 0 Å². The maximum absolute atomic E-state index is 4.30. The first kappa shape index (κ1) is 11.0. The Bertz CT molecular complexity index is 630. The van der Waals surface area contributed by atoms with Crippen molar-refractivity contribution in [2.75, 3.05) is 6.54 Å². The smallest absolute Gasteiger partial charge is 0.0135 e. The fourth-order valence-corrected chi connectivity index (χ4v) is 13.1. The van der Waals surface area contributed by atoms with Gasteiger partial charge < -0.3 is 5.32 Å². The molecule has 0 heterocycles. The SMILES string of the molecule is C1[C@@H]2[C@H]3[C@H]4C[C@@H]5[C@H]([C@@H]14)[C@H](NCC14C6C7C8C6C1C8C74)[C@@H]2[C@@H]53.Cl. The highest BCUT2D eigenvalue weighted by Crippen LogP contribution is 3.05. The van der Waals surface area contributed by atoms with Crippen molar-refractivity contribution in [1.82, 2.24) is 5.32 Å². The third-order valence-corrected chi connectivity index (χ3v) is 12.7. The largest absolute Gasteiger partial charge is 0.313 e. The van der Waals surface area contributed by atoms with Crippen LogP contribution >= 0.6 is 12.4 Å². The van der Waals surface area contributed by atoms with Crippen LogP contribution in [0.3, 0.4) is 0 Å². The van der Waals surface area contributed by atoms with Crippen molar-refractivity contribution in [1.29, 1.82) is 0 Å². The van der Waals surface area contributed by atoms with Crippen LogP contribution < -0.4 is 5.32 Å². The minimum absolute atomic E-state index is 0. The van der Waals surface area contributed by atoms with Crippen LogP contribution in [-0.4, -0.2) is 12.6 Å². The molecule has 2 bridgehead atoms. The summed E-state index contributed by atoms with van der Waals surface area (Å²) in [6.07, 6.45) is 3.34. The van der Waals surface area contributed by atoms with Gasteiger partial charge in [-0.1, -0.05) is 0 Å². The average Bonchev–Trinajstić information content (AvgIpc) is 3.05. The molecular weight excluding hydrogens is 290 g/mol. The molecule has 0 spiro atoms. The van der Waals surface area contributed by atoms with Crippen LogP contribution in [-0.2, 0) is 0 Å². The zero-order valence-electron chi connectivity index (χ0n) is 12.8. The second kappa shape index (κ2) is 2.57. The fraction of sp³-hybridized carbons (Fsp3) is 1.00. The molecule has 1 nitrogen and oxygen atoms in total. The van der Waals surface area contributed by atoms with Crippen molar-refractivity contribution in [2.45, 2.75) is 18.9 Å². The lowest BCUT2D eigenvalue weighted by molar-refractivity contribution is -0.612. The van der Waals surface area contributed by atoms with Gasteiger partial charge >= 0.3 is 0 Å². The Hall–Kier alpha value is 0.250. The predicted octanol–water partition coefficient (Wildman–Crippen LogP) is 2.51. The topological polar surface area (TPSA) is 12.0 Å². The molecule has 0 saturated heterocycles. The molecule has 0 amide bonds. The molecule has 1 N–H and O–H groups in total. The summed E-state index contributed by atoms with van der Waals surface area (Å²) >= 11 is 0. The normalized spacial score (nSPS) is 90.5. The first-order chi connectivity index (χ1) is 10.4. The van der Waals surface area contributed by atoms with Crippen molar-refractivity contribution in [3.05, 3.63) is 0 Å². The predicted molar refractivity (Wildman–Crippen MR) is 83.1 cm³/mol. The van der Waals surface area contributed by atoms with Crippen LogP contribution in [0, 0.1) is 94.2 Å². The zero-order chi connectivity index (χ0) is 12.6. The zero-order valence-corrected chi connectivity index (χ0v) is 13.6. The van der Waals surface area contributed by atoms with Crippen molar-refractivity contribution >= 4 is 12.4 Å². The molecule has 9 atom stereocenters. The minimum atomic E-state index is 0. The van der Waals surface area contributed by atoms with E-state index in [2.05, 4.69) is 5.32 Å². The Labute approximate surface area is 137 Å². The molecule has 0 aromatic carbocycles. The Balaban J connectivity index is 0.000000900. The van der Waals surface area contributed by atoms with E-state index in [0.717, 1.165) is 17.4 Å². The summed E-state index contributed by atoms with van der Waals surface area (Å²) in [6.45, 7) is 1.48. The molecule has 11 fully saturated rings. The van der Waals surface area contributed by atoms with E-state index in [1.54, 1.807) is 12.8 Å². The van der Waals surface area contributed by atoms with E-state index in [0.29, 0.717) is 0 Å². The van der Waals surface area contributed by atoms with E-state index in [9.17, 15) is 0 Å². The lowest BCUT2D eigenvalue weighted by Crippen LogP contribution is -3.06. The summed E-state index contributed by atoms with van der Waals surface area (Å²) in [5, 5.41) is 4.30. The summed E-state index contributed by atoms with van der Waals surface area (Å²) < 4.78 is 0. The van der Waals surface area contributed by atoms with Crippen LogP contribution in [0.2, 0.25) is 0 Å². The Morgan fingerprint density at radius 3 is 2.00 bits per heavy atom. The number of fused-ring (bicyclic) bond motifs is 2. The van der Waals surface area contributed by atoms with E-state index in [1.165, 1.54) is 89.4 Å². The van der Waals surface area contributed by atoms with E-state index in [-0.39, 0.29) is 12.4 Å². The van der Waals surface area contributed by atoms with Crippen LogP contribution in [0.4, 0.5) is 0 Å². The van der Waals surface area contributed by atoms with Crippen molar-refractivity contribution in [3.63, 3.8) is 0 Å². The summed E-state index contributed by atoms with van der Waals surface area (Å²) in [5.41, 5.74) is 0.918. The lowest BCUT2D eigenvalue weighted by Gasteiger charge is -3.08. The number of halogens is 1. The number of nitrogens with one attached hydrogen (secondary N) is 1. The quantitative estimate of drug-likeness (QED) is 0.844. The molecular formula is C20H24ClN. The monoisotopic (exact) mass is 313 g/mol. The Morgan fingerprint density at radius 1 is 0.636 bits per heavy atom. The van der Waals surface area contributed by atoms with Gasteiger partial charge in [-0.25, -0.2) is 0 Å². The summed E-state index contributed by atoms with van der Waals surface area (Å²) in [4.78, 5) is 0. The van der Waals surface area contributed by atoms with Gasteiger partial charge in [0.1, 0.15) is 0 Å². The summed E-state index contributed by atoms with van der Waals surface area (Å²) in [6, 6.07) is 1.01. The highest BCUT2D eigenvalue weighted by Gasteiger charge is 3.03. The standard InChI is InChI=1S/C20H23N.ClH/c1-4-5-2-6-8(4)10-7(1)9(5)19(11(6)10)21-3-20-16-13-12-14(16)18(20)15(12)17(13)20;/h4-19,21H,1-3H2;1H/t4-,5-,6+,7+,8+,9-,10-,11-,12?,13?,14?,15?,16?,17?,18?,19-,20?;/m0./s1. The molecule has 116 valence electrons. The van der Waals surface area contributed by atoms with Gasteiger partial charge in [-0.05, 0) is 107 Å². The Morgan fingerprint density at radius 2 is 1.27 bits per heavy atom. The molecule has 0 aromatic heterocycles. The molecule has 11 saturated carbocycles. The number of hydrogen-bond acceptors (Lipinski definition) is 1. The molecule has 0 radical (unpaired) electrons. The molecule has 0 aromatic rings. The van der Waals surface area contributed by atoms with E-state index >= 15 is 0 Å². The number of hydrogen-bond donors (Lipinski definition) is 1. The van der Waals surface area contributed by atoms with Crippen molar-refractivity contribution in [3.8, 4) is 0 Å². The number of rotatable bonds is 3. The maximum Gasteiger partial charge on any atom is 0.0135 e. The highest BCUT2D eigenvalue weighted by molar-refractivity contribution is 5.85. The summed E-state index contributed by atoms with van der Waals surface area (Å²) in [7, 11) is 0. The van der Waals surface area contributed by atoms with E-state index < -0.39 is 0 Å². The second-order valence-corrected chi connectivity index (χ2v) is 11.3. The second-order valence-electron chi connectivity index (χ2n) is 11.3. The van der Waals surface area contributed by atoms with Crippen LogP contribution in [0.5, 0.6) is 0 Å². The highest BCUT2D eigenvalue weighted by atomic mass is 35.5. The molecule has 2 heteroatoms. The molecule has 11 aliphatic carbocycles. The third-order valence-electron chi connectivity index (χ3n) is 12.7. The van der Waals surface area contributed by atoms with Gasteiger partial charge in [0.25, 0.3) is 0 Å². The molecule has 11 rings (SSSR count). The average molecular weight is 314 g/mol. The first-order valence-corrected chi connectivity index (χ1v) is 10.2. The van der Waals surface area contributed by atoms with Crippen LogP contribution in [0.15, 0.2) is 0 Å². The molecule has 22 heavy (non-hydrogen) atoms. The lowest BCUT2D eigenvalue weighted by atomic mass is 8.96. The molecule has 0 aliphatic heterocycles. The van der Waals surface area contributed by atoms with Crippen molar-refractivity contribution < 1.29 is 0 Å². The summed E-state index contributed by atoms with van der Waals surface area (Å²) in [5.74, 6) is 18.5. The van der Waals surface area contributed by atoms with Crippen LogP contribution in [0.25, 0.3) is 0 Å². The Kier molecular flexibility index (Phi) is 1.28. The van der Waals surface area contributed by atoms with E-state index in [1.807, 2.05) is 0 Å². The van der Waals surface area contributed by atoms with Crippen molar-refractivity contribution in [2.24, 2.45) is 94.2 Å².